The van der Waals surface area contributed by atoms with Gasteiger partial charge in [-0.05, 0) is 160 Å². The van der Waals surface area contributed by atoms with Gasteiger partial charge in [0.1, 0.15) is 11.2 Å². The van der Waals surface area contributed by atoms with Gasteiger partial charge < -0.3 is 9.32 Å². The lowest BCUT2D eigenvalue weighted by Gasteiger charge is -2.36. The Morgan fingerprint density at radius 2 is 0.795 bits per heavy atom. The quantitative estimate of drug-likeness (QED) is 0.158. The van der Waals surface area contributed by atoms with Crippen molar-refractivity contribution in [2.24, 2.45) is 0 Å². The van der Waals surface area contributed by atoms with Gasteiger partial charge in [-0.1, -0.05) is 211 Å². The first-order chi connectivity index (χ1) is 35.4. The molecular formula is C71H57NO. The van der Waals surface area contributed by atoms with E-state index in [0.29, 0.717) is 0 Å². The first-order valence-corrected chi connectivity index (χ1v) is 25.7. The van der Waals surface area contributed by atoms with Crippen molar-refractivity contribution >= 4 is 60.5 Å². The minimum atomic E-state index is -0.584. The Hall–Kier alpha value is -8.46. The highest BCUT2D eigenvalue weighted by atomic mass is 16.3. The number of hydrogen-bond donors (Lipinski definition) is 0. The highest BCUT2D eigenvalue weighted by molar-refractivity contribution is 6.06. The fourth-order valence-corrected chi connectivity index (χ4v) is 11.7. The van der Waals surface area contributed by atoms with Gasteiger partial charge in [-0.15, -0.1) is 0 Å². The summed E-state index contributed by atoms with van der Waals surface area (Å²) < 4.78 is 6.58. The summed E-state index contributed by atoms with van der Waals surface area (Å²) in [6.45, 7) is 13.8. The number of furan rings is 1. The summed E-state index contributed by atoms with van der Waals surface area (Å²) in [5.74, 6) is 0. The van der Waals surface area contributed by atoms with E-state index in [9.17, 15) is 0 Å². The van der Waals surface area contributed by atoms with Crippen molar-refractivity contribution in [1.82, 2.24) is 0 Å². The summed E-state index contributed by atoms with van der Waals surface area (Å²) in [4.78, 5) is 2.41. The van der Waals surface area contributed by atoms with E-state index in [2.05, 4.69) is 277 Å². The van der Waals surface area contributed by atoms with Gasteiger partial charge in [-0.3, -0.25) is 0 Å². The Morgan fingerprint density at radius 3 is 1.44 bits per heavy atom. The van der Waals surface area contributed by atoms with E-state index in [0.717, 1.165) is 44.6 Å². The molecule has 13 rings (SSSR count). The Balaban J connectivity index is 0.956. The molecule has 12 aromatic rings. The van der Waals surface area contributed by atoms with Crippen LogP contribution in [0.2, 0.25) is 0 Å². The summed E-state index contributed by atoms with van der Waals surface area (Å²) >= 11 is 0. The third-order valence-corrected chi connectivity index (χ3v) is 15.7. The van der Waals surface area contributed by atoms with Gasteiger partial charge in [-0.25, -0.2) is 0 Å². The van der Waals surface area contributed by atoms with Gasteiger partial charge in [0.25, 0.3) is 0 Å². The Morgan fingerprint density at radius 1 is 0.329 bits per heavy atom. The van der Waals surface area contributed by atoms with Crippen LogP contribution in [-0.4, -0.2) is 0 Å². The van der Waals surface area contributed by atoms with Crippen LogP contribution in [0.5, 0.6) is 0 Å². The molecule has 1 aromatic heterocycles. The number of fused-ring (bicyclic) bond motifs is 8. The van der Waals surface area contributed by atoms with Crippen LogP contribution in [0, 0.1) is 0 Å². The molecule has 0 amide bonds. The molecule has 2 nitrogen and oxygen atoms in total. The predicted molar refractivity (Wildman–Crippen MR) is 309 cm³/mol. The smallest absolute Gasteiger partial charge is 0.137 e. The molecule has 0 radical (unpaired) electrons. The normalized spacial score (nSPS) is 13.2. The summed E-state index contributed by atoms with van der Waals surface area (Å²) in [5.41, 5.74) is 19.4. The maximum atomic E-state index is 6.58. The molecule has 0 saturated heterocycles. The van der Waals surface area contributed by atoms with Crippen molar-refractivity contribution in [3.05, 3.63) is 270 Å². The Kier molecular flexibility index (Phi) is 10.3. The number of nitrogens with zero attached hydrogens (tertiary/aromatic N) is 1. The number of benzene rings is 11. The van der Waals surface area contributed by atoms with Crippen LogP contribution in [0.15, 0.2) is 241 Å². The van der Waals surface area contributed by atoms with E-state index >= 15 is 0 Å². The fourth-order valence-electron chi connectivity index (χ4n) is 11.7. The molecule has 1 aliphatic rings. The van der Waals surface area contributed by atoms with E-state index in [1.54, 1.807) is 0 Å². The second-order valence-corrected chi connectivity index (χ2v) is 22.2. The Labute approximate surface area is 428 Å². The fraction of sp³-hybridized carbons (Fsp3) is 0.127. The largest absolute Gasteiger partial charge is 0.456 e. The second-order valence-electron chi connectivity index (χ2n) is 22.2. The first kappa shape index (κ1) is 44.5. The molecular weight excluding hydrogens is 883 g/mol. The molecule has 0 spiro atoms. The first-order valence-electron chi connectivity index (χ1n) is 25.7. The van der Waals surface area contributed by atoms with E-state index in [1.807, 2.05) is 6.07 Å². The molecule has 1 aliphatic carbocycles. The Bertz CT molecular complexity index is 4030. The lowest BCUT2D eigenvalue weighted by Crippen LogP contribution is -2.29. The van der Waals surface area contributed by atoms with Crippen molar-refractivity contribution in [1.29, 1.82) is 0 Å². The molecule has 352 valence electrons. The molecule has 0 saturated carbocycles. The van der Waals surface area contributed by atoms with Crippen LogP contribution in [0.3, 0.4) is 0 Å². The molecule has 0 bridgehead atoms. The monoisotopic (exact) mass is 939 g/mol. The molecule has 0 aliphatic heterocycles. The zero-order valence-corrected chi connectivity index (χ0v) is 42.4. The number of anilines is 3. The van der Waals surface area contributed by atoms with E-state index in [-0.39, 0.29) is 10.8 Å². The maximum Gasteiger partial charge on any atom is 0.137 e. The summed E-state index contributed by atoms with van der Waals surface area (Å²) in [6.07, 6.45) is 0. The van der Waals surface area contributed by atoms with Crippen LogP contribution >= 0.6 is 0 Å². The third-order valence-electron chi connectivity index (χ3n) is 15.7. The van der Waals surface area contributed by atoms with Crippen LogP contribution in [0.1, 0.15) is 74.9 Å². The molecule has 1 heterocycles. The van der Waals surface area contributed by atoms with Gasteiger partial charge in [0, 0.05) is 33.9 Å². The molecule has 0 N–H and O–H groups in total. The third kappa shape index (κ3) is 7.47. The zero-order chi connectivity index (χ0) is 49.6. The minimum Gasteiger partial charge on any atom is -0.456 e. The molecule has 2 heteroatoms. The molecule has 11 aromatic carbocycles. The zero-order valence-electron chi connectivity index (χ0n) is 42.4. The van der Waals surface area contributed by atoms with Gasteiger partial charge in [0.15, 0.2) is 0 Å². The number of hydrogen-bond acceptors (Lipinski definition) is 2. The molecule has 73 heavy (non-hydrogen) atoms. The topological polar surface area (TPSA) is 16.4 Å². The summed E-state index contributed by atoms with van der Waals surface area (Å²) in [6, 6.07) is 88.2. The highest BCUT2D eigenvalue weighted by Crippen LogP contribution is 2.58. The van der Waals surface area contributed by atoms with E-state index in [1.165, 1.54) is 82.7 Å². The predicted octanol–water partition coefficient (Wildman–Crippen LogP) is 19.7. The second kappa shape index (κ2) is 16.8. The van der Waals surface area contributed by atoms with Crippen molar-refractivity contribution < 1.29 is 4.42 Å². The number of rotatable bonds is 7. The summed E-state index contributed by atoms with van der Waals surface area (Å²) in [7, 11) is 0. The average Bonchev–Trinajstić information content (AvgIpc) is 3.93. The lowest BCUT2D eigenvalue weighted by molar-refractivity contribution is 0.588. The minimum absolute atomic E-state index is 0.0208. The SMILES string of the molecule is CC(C)(C)c1ccc(C2(c3ccc(C(C)(C)C)cc3)c3ccccc3-c3ccc(N(c4ccc(-c5ccc6cc(-c7ccc8ccccc8c7)ccc6c5)cc4)c4ccc5c(c4)oc4ccccc45)cc32)cc1. The van der Waals surface area contributed by atoms with Crippen LogP contribution < -0.4 is 4.90 Å². The summed E-state index contributed by atoms with van der Waals surface area (Å²) in [5, 5.41) is 7.19. The van der Waals surface area contributed by atoms with Crippen LogP contribution in [0.4, 0.5) is 17.1 Å². The van der Waals surface area contributed by atoms with Crippen LogP contribution in [-0.2, 0) is 16.2 Å². The van der Waals surface area contributed by atoms with Gasteiger partial charge in [-0.2, -0.15) is 0 Å². The van der Waals surface area contributed by atoms with Crippen molar-refractivity contribution in [2.45, 2.75) is 57.8 Å². The van der Waals surface area contributed by atoms with Crippen molar-refractivity contribution in [3.8, 4) is 33.4 Å². The van der Waals surface area contributed by atoms with E-state index < -0.39 is 5.41 Å². The van der Waals surface area contributed by atoms with Gasteiger partial charge in [0.2, 0.25) is 0 Å². The van der Waals surface area contributed by atoms with Gasteiger partial charge in [0.05, 0.1) is 5.41 Å². The lowest BCUT2D eigenvalue weighted by atomic mass is 9.67. The standard InChI is InChI=1S/C71H57NO/c1-69(2,3)54-27-31-56(32-28-54)71(57-33-29-55(30-34-57)70(4,5)6)65-17-11-9-15-61(65)62-39-37-59(44-66(62)71)72(60-38-40-64-63-16-10-12-18-67(63)73-68(64)45-60)58-35-25-47(26-36-58)49-21-22-52-43-53(24-23-51(52)42-49)50-20-19-46-13-7-8-14-48(46)41-50/h7-45H,1-6H3. The molecule has 0 fully saturated rings. The number of para-hydroxylation sites is 1. The average molecular weight is 940 g/mol. The molecule has 0 atom stereocenters. The van der Waals surface area contributed by atoms with Crippen molar-refractivity contribution in [3.63, 3.8) is 0 Å². The van der Waals surface area contributed by atoms with Crippen molar-refractivity contribution in [2.75, 3.05) is 4.90 Å². The van der Waals surface area contributed by atoms with Crippen LogP contribution in [0.25, 0.3) is 76.9 Å². The maximum absolute atomic E-state index is 6.58. The highest BCUT2D eigenvalue weighted by Gasteiger charge is 2.46. The van der Waals surface area contributed by atoms with E-state index in [4.69, 9.17) is 4.42 Å². The van der Waals surface area contributed by atoms with Gasteiger partial charge >= 0.3 is 0 Å². The molecule has 0 unspecified atom stereocenters.